The molecule has 0 aliphatic rings. The van der Waals surface area contributed by atoms with E-state index >= 15 is 0 Å². The van der Waals surface area contributed by atoms with Gasteiger partial charge in [-0.25, -0.2) is 8.42 Å². The number of hydrogen-bond acceptors (Lipinski definition) is 4. The van der Waals surface area contributed by atoms with Crippen molar-refractivity contribution in [1.29, 1.82) is 5.26 Å². The van der Waals surface area contributed by atoms with Gasteiger partial charge >= 0.3 is 0 Å². The van der Waals surface area contributed by atoms with Crippen molar-refractivity contribution in [3.63, 3.8) is 0 Å². The van der Waals surface area contributed by atoms with Gasteiger partial charge in [0.05, 0.1) is 17.6 Å². The number of nitriles is 1. The third-order valence-corrected chi connectivity index (χ3v) is 4.08. The molecule has 1 aromatic rings. The summed E-state index contributed by atoms with van der Waals surface area (Å²) in [5, 5.41) is 7.89. The molecule has 1 aromatic carbocycles. The van der Waals surface area contributed by atoms with Crippen molar-refractivity contribution in [2.45, 2.75) is 12.2 Å². The van der Waals surface area contributed by atoms with Crippen LogP contribution in [0.15, 0.2) is 18.2 Å². The third kappa shape index (κ3) is 4.15. The predicted octanol–water partition coefficient (Wildman–Crippen LogP) is 1.30. The molecule has 1 unspecified atom stereocenters. The summed E-state index contributed by atoms with van der Waals surface area (Å²) in [4.78, 5) is 0. The third-order valence-electron chi connectivity index (χ3n) is 2.20. The number of sulfonamides is 1. The maximum Gasteiger partial charge on any atom is 0.248 e. The Bertz CT molecular complexity index is 668. The van der Waals surface area contributed by atoms with Crippen molar-refractivity contribution < 1.29 is 8.42 Å². The van der Waals surface area contributed by atoms with Gasteiger partial charge in [-0.2, -0.15) is 5.26 Å². The standard InChI is InChI=1S/C12H12ClN3O2S/c1-9(8-15)19(17,18)16-11-4-5-12(13)10(7-11)3-2-6-14/h4-5,7,9,16H,6,14H2,1H3. The highest BCUT2D eigenvalue weighted by Gasteiger charge is 2.20. The molecule has 1 rings (SSSR count). The number of benzene rings is 1. The highest BCUT2D eigenvalue weighted by Crippen LogP contribution is 2.21. The van der Waals surface area contributed by atoms with Gasteiger partial charge in [0.15, 0.2) is 5.25 Å². The molecule has 3 N–H and O–H groups in total. The van der Waals surface area contributed by atoms with Gasteiger partial charge < -0.3 is 5.73 Å². The normalized spacial score (nSPS) is 11.9. The zero-order valence-electron chi connectivity index (χ0n) is 10.1. The summed E-state index contributed by atoms with van der Waals surface area (Å²) >= 11 is 5.92. The topological polar surface area (TPSA) is 96.0 Å². The molecule has 7 heteroatoms. The van der Waals surface area contributed by atoms with Crippen molar-refractivity contribution in [3.8, 4) is 17.9 Å². The van der Waals surface area contributed by atoms with E-state index in [9.17, 15) is 8.42 Å². The largest absolute Gasteiger partial charge is 0.320 e. The van der Waals surface area contributed by atoms with E-state index in [4.69, 9.17) is 22.6 Å². The van der Waals surface area contributed by atoms with Gasteiger partial charge in [0.1, 0.15) is 0 Å². The lowest BCUT2D eigenvalue weighted by Gasteiger charge is -2.09. The monoisotopic (exact) mass is 297 g/mol. The zero-order chi connectivity index (χ0) is 14.5. The smallest absolute Gasteiger partial charge is 0.248 e. The van der Waals surface area contributed by atoms with Crippen molar-refractivity contribution in [1.82, 2.24) is 0 Å². The molecular weight excluding hydrogens is 286 g/mol. The number of anilines is 1. The SMILES string of the molecule is CC(C#N)S(=O)(=O)Nc1ccc(Cl)c(C#CCN)c1. The maximum atomic E-state index is 11.7. The summed E-state index contributed by atoms with van der Waals surface area (Å²) in [6.45, 7) is 1.48. The van der Waals surface area contributed by atoms with Crippen LogP contribution in [0.1, 0.15) is 12.5 Å². The summed E-state index contributed by atoms with van der Waals surface area (Å²) < 4.78 is 25.7. The van der Waals surface area contributed by atoms with Gasteiger partial charge in [-0.05, 0) is 25.1 Å². The molecule has 1 atom stereocenters. The van der Waals surface area contributed by atoms with Crippen LogP contribution in [0.5, 0.6) is 0 Å². The van der Waals surface area contributed by atoms with Crippen LogP contribution in [0.2, 0.25) is 5.02 Å². The quantitative estimate of drug-likeness (QED) is 0.822. The van der Waals surface area contributed by atoms with E-state index in [0.717, 1.165) is 0 Å². The van der Waals surface area contributed by atoms with Crippen LogP contribution in [0, 0.1) is 23.2 Å². The van der Waals surface area contributed by atoms with Crippen LogP contribution < -0.4 is 10.5 Å². The molecule has 0 amide bonds. The molecular formula is C12H12ClN3O2S. The second-order valence-electron chi connectivity index (χ2n) is 3.62. The van der Waals surface area contributed by atoms with E-state index in [1.165, 1.54) is 25.1 Å². The Hall–Kier alpha value is -1.73. The summed E-state index contributed by atoms with van der Waals surface area (Å²) in [5.41, 5.74) is 6.03. The first-order chi connectivity index (χ1) is 8.90. The highest BCUT2D eigenvalue weighted by atomic mass is 35.5. The van der Waals surface area contributed by atoms with Crippen molar-refractivity contribution in [2.75, 3.05) is 11.3 Å². The van der Waals surface area contributed by atoms with Crippen molar-refractivity contribution in [3.05, 3.63) is 28.8 Å². The van der Waals surface area contributed by atoms with Crippen LogP contribution in [0.25, 0.3) is 0 Å². The molecule has 19 heavy (non-hydrogen) atoms. The minimum absolute atomic E-state index is 0.178. The molecule has 0 heterocycles. The average Bonchev–Trinajstić information content (AvgIpc) is 2.38. The van der Waals surface area contributed by atoms with Crippen LogP contribution in [-0.4, -0.2) is 20.2 Å². The van der Waals surface area contributed by atoms with E-state index < -0.39 is 15.3 Å². The molecule has 5 nitrogen and oxygen atoms in total. The van der Waals surface area contributed by atoms with Crippen LogP contribution in [-0.2, 0) is 10.0 Å². The summed E-state index contributed by atoms with van der Waals surface area (Å²) in [6.07, 6.45) is 0. The molecule has 0 aliphatic heterocycles. The van der Waals surface area contributed by atoms with Crippen LogP contribution in [0.3, 0.4) is 0 Å². The first kappa shape index (κ1) is 15.3. The second-order valence-corrected chi connectivity index (χ2v) is 6.03. The van der Waals surface area contributed by atoms with Crippen molar-refractivity contribution >= 4 is 27.3 Å². The van der Waals surface area contributed by atoms with E-state index in [-0.39, 0.29) is 6.54 Å². The molecule has 0 saturated carbocycles. The van der Waals surface area contributed by atoms with Crippen LogP contribution in [0.4, 0.5) is 5.69 Å². The minimum atomic E-state index is -3.74. The van der Waals surface area contributed by atoms with Gasteiger partial charge in [0.25, 0.3) is 0 Å². The first-order valence-electron chi connectivity index (χ1n) is 5.30. The fraction of sp³-hybridized carbons (Fsp3) is 0.250. The zero-order valence-corrected chi connectivity index (χ0v) is 11.7. The van der Waals surface area contributed by atoms with E-state index in [1.54, 1.807) is 6.07 Å². The molecule has 100 valence electrons. The molecule has 0 fully saturated rings. The Kier molecular flexibility index (Phi) is 5.20. The highest BCUT2D eigenvalue weighted by molar-refractivity contribution is 7.93. The Morgan fingerprint density at radius 2 is 2.21 bits per heavy atom. The lowest BCUT2D eigenvalue weighted by molar-refractivity contribution is 0.597. The van der Waals surface area contributed by atoms with Gasteiger partial charge in [-0.15, -0.1) is 0 Å². The van der Waals surface area contributed by atoms with Crippen LogP contribution >= 0.6 is 11.6 Å². The molecule has 0 spiro atoms. The van der Waals surface area contributed by atoms with E-state index in [0.29, 0.717) is 16.3 Å². The number of rotatable bonds is 3. The second kappa shape index (κ2) is 6.44. The van der Waals surface area contributed by atoms with Gasteiger partial charge in [-0.3, -0.25) is 4.72 Å². The van der Waals surface area contributed by atoms with Gasteiger partial charge in [0.2, 0.25) is 10.0 Å². The fourth-order valence-corrected chi connectivity index (χ4v) is 2.09. The predicted molar refractivity (Wildman–Crippen MR) is 75.0 cm³/mol. The molecule has 0 aromatic heterocycles. The Labute approximate surface area is 117 Å². The number of hydrogen-bond donors (Lipinski definition) is 2. The average molecular weight is 298 g/mol. The van der Waals surface area contributed by atoms with E-state index in [1.807, 2.05) is 0 Å². The number of halogens is 1. The maximum absolute atomic E-state index is 11.7. The summed E-state index contributed by atoms with van der Waals surface area (Å²) in [5.74, 6) is 5.37. The first-order valence-corrected chi connectivity index (χ1v) is 7.23. The van der Waals surface area contributed by atoms with E-state index in [2.05, 4.69) is 16.6 Å². The lowest BCUT2D eigenvalue weighted by Crippen LogP contribution is -2.23. The number of nitrogens with zero attached hydrogens (tertiary/aromatic N) is 1. The molecule has 0 aliphatic carbocycles. The van der Waals surface area contributed by atoms with Gasteiger partial charge in [-0.1, -0.05) is 23.4 Å². The summed E-state index contributed by atoms with van der Waals surface area (Å²) in [7, 11) is -3.74. The molecule has 0 radical (unpaired) electrons. The van der Waals surface area contributed by atoms with Crippen molar-refractivity contribution in [2.24, 2.45) is 5.73 Å². The number of nitrogens with one attached hydrogen (secondary N) is 1. The Morgan fingerprint density at radius 1 is 1.53 bits per heavy atom. The Morgan fingerprint density at radius 3 is 2.79 bits per heavy atom. The van der Waals surface area contributed by atoms with Gasteiger partial charge in [0, 0.05) is 11.3 Å². The Balaban J connectivity index is 3.08. The molecule has 0 bridgehead atoms. The summed E-state index contributed by atoms with van der Waals surface area (Å²) in [6, 6.07) is 6.18. The molecule has 0 saturated heterocycles. The minimum Gasteiger partial charge on any atom is -0.320 e. The lowest BCUT2D eigenvalue weighted by atomic mass is 10.2. The fourth-order valence-electron chi connectivity index (χ4n) is 1.15. The number of nitrogens with two attached hydrogens (primary N) is 1.